The van der Waals surface area contributed by atoms with Crippen LogP contribution in [0.2, 0.25) is 0 Å². The lowest BCUT2D eigenvalue weighted by molar-refractivity contribution is -0.384. The molecule has 1 aromatic carbocycles. The van der Waals surface area contributed by atoms with Gasteiger partial charge in [0.2, 0.25) is 5.91 Å². The molecular formula is C18H21N5O3. The predicted octanol–water partition coefficient (Wildman–Crippen LogP) is 2.86. The summed E-state index contributed by atoms with van der Waals surface area (Å²) in [6, 6.07) is 8.62. The molecule has 2 aromatic rings. The average molecular weight is 355 g/mol. The van der Waals surface area contributed by atoms with Crippen LogP contribution in [0.15, 0.2) is 30.3 Å². The Bertz CT molecular complexity index is 814. The largest absolute Gasteiger partial charge is 0.355 e. The number of benzene rings is 1. The second-order valence-electron chi connectivity index (χ2n) is 6.51. The van der Waals surface area contributed by atoms with Crippen molar-refractivity contribution in [3.8, 4) is 0 Å². The number of aryl methyl sites for hydroxylation is 2. The molecule has 8 nitrogen and oxygen atoms in total. The Balaban J connectivity index is 1.64. The summed E-state index contributed by atoms with van der Waals surface area (Å²) in [6.45, 7) is 5.04. The number of anilines is 2. The van der Waals surface area contributed by atoms with Crippen LogP contribution in [-0.2, 0) is 4.79 Å². The molecule has 3 rings (SSSR count). The van der Waals surface area contributed by atoms with Crippen LogP contribution in [0.3, 0.4) is 0 Å². The molecule has 0 unspecified atom stereocenters. The number of nitro groups is 1. The first-order chi connectivity index (χ1) is 12.5. The Morgan fingerprint density at radius 1 is 1.19 bits per heavy atom. The van der Waals surface area contributed by atoms with Crippen LogP contribution in [0.4, 0.5) is 17.2 Å². The van der Waals surface area contributed by atoms with E-state index in [9.17, 15) is 14.9 Å². The molecule has 1 N–H and O–H groups in total. The molecule has 0 saturated carbocycles. The van der Waals surface area contributed by atoms with E-state index in [1.165, 1.54) is 6.07 Å². The van der Waals surface area contributed by atoms with Gasteiger partial charge in [-0.25, -0.2) is 0 Å². The van der Waals surface area contributed by atoms with E-state index >= 15 is 0 Å². The van der Waals surface area contributed by atoms with Gasteiger partial charge in [0.05, 0.1) is 10.6 Å². The van der Waals surface area contributed by atoms with Gasteiger partial charge < -0.3 is 10.2 Å². The molecule has 2 heterocycles. The van der Waals surface area contributed by atoms with Gasteiger partial charge in [0.1, 0.15) is 5.69 Å². The number of para-hydroxylation sites is 1. The Hall–Kier alpha value is -3.03. The Morgan fingerprint density at radius 2 is 1.92 bits per heavy atom. The molecule has 1 fully saturated rings. The van der Waals surface area contributed by atoms with Gasteiger partial charge in [-0.15, -0.1) is 5.10 Å². The molecule has 1 aromatic heterocycles. The molecule has 8 heteroatoms. The van der Waals surface area contributed by atoms with Gasteiger partial charge in [-0.1, -0.05) is 12.1 Å². The SMILES string of the molecule is Cc1ccc(N2CCC(C(=O)Nc3c(C)cccc3[N+](=O)[O-])CC2)nn1. The van der Waals surface area contributed by atoms with Gasteiger partial charge in [0.15, 0.2) is 5.82 Å². The van der Waals surface area contributed by atoms with Crippen molar-refractivity contribution in [2.24, 2.45) is 5.92 Å². The van der Waals surface area contributed by atoms with Crippen LogP contribution in [-0.4, -0.2) is 34.1 Å². The number of aromatic nitrogens is 2. The third kappa shape index (κ3) is 3.79. The van der Waals surface area contributed by atoms with Crippen molar-refractivity contribution in [3.63, 3.8) is 0 Å². The van der Waals surface area contributed by atoms with E-state index in [2.05, 4.69) is 20.4 Å². The Labute approximate surface area is 151 Å². The number of carbonyl (C=O) groups is 1. The Kier molecular flexibility index (Phi) is 5.11. The summed E-state index contributed by atoms with van der Waals surface area (Å²) in [7, 11) is 0. The number of rotatable bonds is 4. The van der Waals surface area contributed by atoms with Gasteiger partial charge in [-0.05, 0) is 44.4 Å². The lowest BCUT2D eigenvalue weighted by Gasteiger charge is -2.31. The van der Waals surface area contributed by atoms with Crippen molar-refractivity contribution < 1.29 is 9.72 Å². The molecule has 0 spiro atoms. The lowest BCUT2D eigenvalue weighted by Crippen LogP contribution is -2.38. The summed E-state index contributed by atoms with van der Waals surface area (Å²) < 4.78 is 0. The number of hydrogen-bond donors (Lipinski definition) is 1. The molecule has 26 heavy (non-hydrogen) atoms. The van der Waals surface area contributed by atoms with Crippen molar-refractivity contribution in [3.05, 3.63) is 51.7 Å². The fourth-order valence-corrected chi connectivity index (χ4v) is 3.12. The van der Waals surface area contributed by atoms with Crippen molar-refractivity contribution in [2.75, 3.05) is 23.3 Å². The third-order valence-corrected chi connectivity index (χ3v) is 4.67. The smallest absolute Gasteiger partial charge is 0.293 e. The van der Waals surface area contributed by atoms with Gasteiger partial charge in [0, 0.05) is 25.1 Å². The van der Waals surface area contributed by atoms with E-state index in [4.69, 9.17) is 0 Å². The molecule has 0 radical (unpaired) electrons. The zero-order valence-electron chi connectivity index (χ0n) is 14.8. The maximum Gasteiger partial charge on any atom is 0.293 e. The zero-order chi connectivity index (χ0) is 18.7. The van der Waals surface area contributed by atoms with Gasteiger partial charge >= 0.3 is 0 Å². The number of carbonyl (C=O) groups excluding carboxylic acids is 1. The van der Waals surface area contributed by atoms with E-state index in [0.29, 0.717) is 31.5 Å². The van der Waals surface area contributed by atoms with Gasteiger partial charge in [-0.3, -0.25) is 14.9 Å². The van der Waals surface area contributed by atoms with Crippen LogP contribution in [0.25, 0.3) is 0 Å². The number of hydrogen-bond acceptors (Lipinski definition) is 6. The average Bonchev–Trinajstić information content (AvgIpc) is 2.64. The fraction of sp³-hybridized carbons (Fsp3) is 0.389. The van der Waals surface area contributed by atoms with E-state index in [0.717, 1.165) is 11.5 Å². The summed E-state index contributed by atoms with van der Waals surface area (Å²) in [4.78, 5) is 25.4. The Morgan fingerprint density at radius 3 is 2.54 bits per heavy atom. The minimum Gasteiger partial charge on any atom is -0.355 e. The molecular weight excluding hydrogens is 334 g/mol. The molecule has 0 bridgehead atoms. The minimum atomic E-state index is -0.471. The summed E-state index contributed by atoms with van der Waals surface area (Å²) in [6.07, 6.45) is 1.34. The molecule has 1 saturated heterocycles. The molecule has 0 atom stereocenters. The first-order valence-corrected chi connectivity index (χ1v) is 8.56. The fourth-order valence-electron chi connectivity index (χ4n) is 3.12. The highest BCUT2D eigenvalue weighted by atomic mass is 16.6. The molecule has 136 valence electrons. The van der Waals surface area contributed by atoms with E-state index < -0.39 is 4.92 Å². The van der Waals surface area contributed by atoms with Crippen molar-refractivity contribution >= 4 is 23.1 Å². The van der Waals surface area contributed by atoms with Crippen LogP contribution in [0, 0.1) is 29.9 Å². The molecule has 0 aliphatic carbocycles. The third-order valence-electron chi connectivity index (χ3n) is 4.67. The second-order valence-corrected chi connectivity index (χ2v) is 6.51. The highest BCUT2D eigenvalue weighted by Crippen LogP contribution is 2.29. The van der Waals surface area contributed by atoms with Crippen LogP contribution in [0.1, 0.15) is 24.1 Å². The van der Waals surface area contributed by atoms with Crippen LogP contribution >= 0.6 is 0 Å². The number of nitrogens with zero attached hydrogens (tertiary/aromatic N) is 4. The molecule has 1 aliphatic rings. The summed E-state index contributed by atoms with van der Waals surface area (Å²) >= 11 is 0. The van der Waals surface area contributed by atoms with Crippen LogP contribution < -0.4 is 10.2 Å². The number of amides is 1. The quantitative estimate of drug-likeness (QED) is 0.668. The predicted molar refractivity (Wildman–Crippen MR) is 98.2 cm³/mol. The van der Waals surface area contributed by atoms with Crippen LogP contribution in [0.5, 0.6) is 0 Å². The topological polar surface area (TPSA) is 101 Å². The van der Waals surface area contributed by atoms with E-state index in [1.54, 1.807) is 19.1 Å². The maximum absolute atomic E-state index is 12.6. The summed E-state index contributed by atoms with van der Waals surface area (Å²) in [5.41, 5.74) is 1.75. The summed E-state index contributed by atoms with van der Waals surface area (Å²) in [5, 5.41) is 22.2. The second kappa shape index (κ2) is 7.47. The summed E-state index contributed by atoms with van der Waals surface area (Å²) in [5.74, 6) is 0.463. The standard InChI is InChI=1S/C18H21N5O3/c1-12-4-3-5-15(23(25)26)17(12)19-18(24)14-8-10-22(11-9-14)16-7-6-13(2)20-21-16/h3-7,14H,8-11H2,1-2H3,(H,19,24). The highest BCUT2D eigenvalue weighted by molar-refractivity contribution is 5.95. The maximum atomic E-state index is 12.6. The zero-order valence-corrected chi connectivity index (χ0v) is 14.8. The number of nitro benzene ring substituents is 1. The van der Waals surface area contributed by atoms with Crippen molar-refractivity contribution in [2.45, 2.75) is 26.7 Å². The normalized spacial score (nSPS) is 14.9. The van der Waals surface area contributed by atoms with E-state index in [-0.39, 0.29) is 23.2 Å². The highest BCUT2D eigenvalue weighted by Gasteiger charge is 2.27. The van der Waals surface area contributed by atoms with E-state index in [1.807, 2.05) is 19.1 Å². The van der Waals surface area contributed by atoms with Gasteiger partial charge in [0.25, 0.3) is 5.69 Å². The van der Waals surface area contributed by atoms with Crippen molar-refractivity contribution in [1.82, 2.24) is 10.2 Å². The molecule has 1 aliphatic heterocycles. The van der Waals surface area contributed by atoms with Gasteiger partial charge in [-0.2, -0.15) is 5.10 Å². The first-order valence-electron chi connectivity index (χ1n) is 8.56. The monoisotopic (exact) mass is 355 g/mol. The lowest BCUT2D eigenvalue weighted by atomic mass is 9.95. The first kappa shape index (κ1) is 17.8. The number of nitrogens with one attached hydrogen (secondary N) is 1. The number of piperidine rings is 1. The van der Waals surface area contributed by atoms with Crippen molar-refractivity contribution in [1.29, 1.82) is 0 Å². The molecule has 1 amide bonds. The minimum absolute atomic E-state index is 0.0780.